The van der Waals surface area contributed by atoms with E-state index in [0.29, 0.717) is 5.56 Å². The van der Waals surface area contributed by atoms with E-state index in [1.807, 2.05) is 0 Å². The van der Waals surface area contributed by atoms with E-state index in [4.69, 9.17) is 19.3 Å². The Balaban J connectivity index is 2.09. The average molecular weight is 383 g/mol. The standard InChI is InChI=1S/C15H13NO7S2/c1-21-13-9(4-5-11(17)18)7-10(14-15(13)23-8-22-14)16-25(19,20)12-3-2-6-24-12/h2-7,16H,8H2,1H3,(H,17,18)/b5-4-. The number of nitrogens with one attached hydrogen (secondary N) is 1. The van der Waals surface area contributed by atoms with Crippen LogP contribution in [-0.2, 0) is 14.8 Å². The molecule has 1 aromatic heterocycles. The Morgan fingerprint density at radius 1 is 1.40 bits per heavy atom. The van der Waals surface area contributed by atoms with Crippen LogP contribution in [0.2, 0.25) is 0 Å². The fourth-order valence-corrected chi connectivity index (χ4v) is 4.29. The molecule has 0 atom stereocenters. The van der Waals surface area contributed by atoms with Gasteiger partial charge in [0, 0.05) is 11.6 Å². The molecule has 0 radical (unpaired) electrons. The molecule has 0 aliphatic carbocycles. The van der Waals surface area contributed by atoms with Crippen molar-refractivity contribution in [2.45, 2.75) is 4.21 Å². The lowest BCUT2D eigenvalue weighted by Crippen LogP contribution is -2.12. The van der Waals surface area contributed by atoms with E-state index in [1.54, 1.807) is 11.4 Å². The summed E-state index contributed by atoms with van der Waals surface area (Å²) in [6.07, 6.45) is 2.20. The van der Waals surface area contributed by atoms with E-state index >= 15 is 0 Å². The molecule has 25 heavy (non-hydrogen) atoms. The maximum atomic E-state index is 12.5. The predicted molar refractivity (Wildman–Crippen MR) is 90.9 cm³/mol. The van der Waals surface area contributed by atoms with Gasteiger partial charge in [-0.15, -0.1) is 11.3 Å². The molecule has 0 fully saturated rings. The largest absolute Gasteiger partial charge is 0.492 e. The van der Waals surface area contributed by atoms with E-state index in [9.17, 15) is 13.2 Å². The van der Waals surface area contributed by atoms with Gasteiger partial charge in [-0.2, -0.15) is 0 Å². The van der Waals surface area contributed by atoms with Crippen molar-refractivity contribution in [1.82, 2.24) is 0 Å². The molecular formula is C15H13NO7S2. The Labute approximate surface area is 147 Å². The van der Waals surface area contributed by atoms with Crippen molar-refractivity contribution in [3.8, 4) is 17.2 Å². The summed E-state index contributed by atoms with van der Waals surface area (Å²) in [5, 5.41) is 10.5. The number of methoxy groups -OCH3 is 1. The molecule has 0 saturated carbocycles. The second-order valence-electron chi connectivity index (χ2n) is 4.82. The summed E-state index contributed by atoms with van der Waals surface area (Å²) >= 11 is 1.07. The monoisotopic (exact) mass is 383 g/mol. The molecule has 1 aliphatic rings. The van der Waals surface area contributed by atoms with Gasteiger partial charge >= 0.3 is 5.97 Å². The minimum absolute atomic E-state index is 0.106. The number of rotatable bonds is 6. The van der Waals surface area contributed by atoms with Crippen molar-refractivity contribution < 1.29 is 32.5 Å². The highest BCUT2D eigenvalue weighted by Gasteiger charge is 2.28. The number of carbonyl (C=O) groups is 1. The second-order valence-corrected chi connectivity index (χ2v) is 7.68. The van der Waals surface area contributed by atoms with Crippen LogP contribution in [-0.4, -0.2) is 33.4 Å². The number of ether oxygens (including phenoxy) is 3. The first-order valence-electron chi connectivity index (χ1n) is 6.90. The summed E-state index contributed by atoms with van der Waals surface area (Å²) in [6.45, 7) is -0.106. The number of hydrogen-bond acceptors (Lipinski definition) is 7. The number of carboxylic acid groups (broad SMARTS) is 1. The van der Waals surface area contributed by atoms with Crippen LogP contribution in [0.5, 0.6) is 17.2 Å². The maximum Gasteiger partial charge on any atom is 0.328 e. The second kappa shape index (κ2) is 6.65. The highest BCUT2D eigenvalue weighted by molar-refractivity contribution is 7.94. The predicted octanol–water partition coefficient (Wildman–Crippen LogP) is 2.38. The van der Waals surface area contributed by atoms with E-state index < -0.39 is 16.0 Å². The third kappa shape index (κ3) is 3.39. The van der Waals surface area contributed by atoms with Crippen LogP contribution in [0.4, 0.5) is 5.69 Å². The molecule has 8 nitrogen and oxygen atoms in total. The molecule has 3 rings (SSSR count). The highest BCUT2D eigenvalue weighted by Crippen LogP contribution is 2.49. The lowest BCUT2D eigenvalue weighted by molar-refractivity contribution is -0.131. The fraction of sp³-hybridized carbons (Fsp3) is 0.133. The van der Waals surface area contributed by atoms with Gasteiger partial charge in [0.25, 0.3) is 10.0 Å². The third-order valence-electron chi connectivity index (χ3n) is 3.24. The van der Waals surface area contributed by atoms with Gasteiger partial charge in [-0.05, 0) is 23.6 Å². The molecule has 10 heteroatoms. The Kier molecular flexibility index (Phi) is 4.55. The van der Waals surface area contributed by atoms with Crippen molar-refractivity contribution in [2.24, 2.45) is 0 Å². The van der Waals surface area contributed by atoms with Crippen LogP contribution >= 0.6 is 11.3 Å². The van der Waals surface area contributed by atoms with Gasteiger partial charge < -0.3 is 19.3 Å². The van der Waals surface area contributed by atoms with Crippen molar-refractivity contribution in [1.29, 1.82) is 0 Å². The van der Waals surface area contributed by atoms with E-state index in [-0.39, 0.29) is 33.9 Å². The van der Waals surface area contributed by atoms with Crippen molar-refractivity contribution in [3.05, 3.63) is 35.2 Å². The lowest BCUT2D eigenvalue weighted by atomic mass is 10.1. The smallest absolute Gasteiger partial charge is 0.328 e. The lowest BCUT2D eigenvalue weighted by Gasteiger charge is -2.14. The molecule has 0 unspecified atom stereocenters. The number of benzene rings is 1. The molecule has 1 aromatic carbocycles. The van der Waals surface area contributed by atoms with Gasteiger partial charge in [0.05, 0.1) is 12.8 Å². The number of fused-ring (bicyclic) bond motifs is 1. The van der Waals surface area contributed by atoms with Crippen molar-refractivity contribution in [2.75, 3.05) is 18.6 Å². The van der Waals surface area contributed by atoms with Gasteiger partial charge in [-0.25, -0.2) is 13.2 Å². The third-order valence-corrected chi connectivity index (χ3v) is 6.00. The molecule has 2 heterocycles. The molecule has 0 spiro atoms. The first-order valence-corrected chi connectivity index (χ1v) is 9.26. The first-order chi connectivity index (χ1) is 11.9. The molecular weight excluding hydrogens is 370 g/mol. The molecule has 0 saturated heterocycles. The Bertz CT molecular complexity index is 933. The number of sulfonamides is 1. The molecule has 2 aromatic rings. The summed E-state index contributed by atoms with van der Waals surface area (Å²) in [6, 6.07) is 4.52. The first kappa shape index (κ1) is 17.1. The Hall–Kier alpha value is -2.72. The van der Waals surface area contributed by atoms with Crippen LogP contribution in [0.15, 0.2) is 33.9 Å². The summed E-state index contributed by atoms with van der Waals surface area (Å²) in [7, 11) is -2.41. The average Bonchev–Trinajstić information content (AvgIpc) is 3.24. The number of anilines is 1. The van der Waals surface area contributed by atoms with Gasteiger partial charge in [-0.1, -0.05) is 6.07 Å². The molecule has 1 aliphatic heterocycles. The molecule has 0 bridgehead atoms. The zero-order chi connectivity index (χ0) is 18.0. The number of carboxylic acids is 1. The van der Waals surface area contributed by atoms with E-state index in [0.717, 1.165) is 17.4 Å². The maximum absolute atomic E-state index is 12.5. The molecule has 0 amide bonds. The van der Waals surface area contributed by atoms with E-state index in [2.05, 4.69) is 4.72 Å². The zero-order valence-corrected chi connectivity index (χ0v) is 14.5. The van der Waals surface area contributed by atoms with Crippen LogP contribution in [0.1, 0.15) is 5.56 Å². The molecule has 132 valence electrons. The normalized spacial score (nSPS) is 13.2. The fourth-order valence-electron chi connectivity index (χ4n) is 2.25. The zero-order valence-electron chi connectivity index (χ0n) is 12.9. The SMILES string of the molecule is COc1c(/C=C\C(=O)O)cc(NS(=O)(=O)c2cccs2)c2c1OCO2. The van der Waals surface area contributed by atoms with Gasteiger partial charge in [0.15, 0.2) is 11.5 Å². The van der Waals surface area contributed by atoms with Gasteiger partial charge in [0.2, 0.25) is 12.5 Å². The molecule has 2 N–H and O–H groups in total. The Morgan fingerprint density at radius 2 is 2.16 bits per heavy atom. The van der Waals surface area contributed by atoms with Gasteiger partial charge in [-0.3, -0.25) is 4.72 Å². The minimum atomic E-state index is -3.81. The number of aliphatic carboxylic acids is 1. The van der Waals surface area contributed by atoms with Crippen LogP contribution in [0, 0.1) is 0 Å². The van der Waals surface area contributed by atoms with Crippen LogP contribution < -0.4 is 18.9 Å². The van der Waals surface area contributed by atoms with Crippen molar-refractivity contribution >= 4 is 39.1 Å². The van der Waals surface area contributed by atoms with E-state index in [1.165, 1.54) is 25.3 Å². The summed E-state index contributed by atoms with van der Waals surface area (Å²) < 4.78 is 43.4. The highest BCUT2D eigenvalue weighted by atomic mass is 32.2. The summed E-state index contributed by atoms with van der Waals surface area (Å²) in [4.78, 5) is 10.8. The van der Waals surface area contributed by atoms with Crippen molar-refractivity contribution in [3.63, 3.8) is 0 Å². The minimum Gasteiger partial charge on any atom is -0.492 e. The van der Waals surface area contributed by atoms with Crippen LogP contribution in [0.25, 0.3) is 6.08 Å². The number of thiophene rings is 1. The van der Waals surface area contributed by atoms with Gasteiger partial charge in [0.1, 0.15) is 4.21 Å². The van der Waals surface area contributed by atoms with Crippen LogP contribution in [0.3, 0.4) is 0 Å². The number of hydrogen-bond donors (Lipinski definition) is 2. The Morgan fingerprint density at radius 3 is 2.80 bits per heavy atom. The topological polar surface area (TPSA) is 111 Å². The summed E-state index contributed by atoms with van der Waals surface area (Å²) in [5.41, 5.74) is 0.463. The quantitative estimate of drug-likeness (QED) is 0.737. The summed E-state index contributed by atoms with van der Waals surface area (Å²) in [5.74, 6) is -0.507.